The summed E-state index contributed by atoms with van der Waals surface area (Å²) in [6.45, 7) is 1.33. The number of amides is 1. The molecule has 1 amide bonds. The molecule has 4 rings (SSSR count). The van der Waals surface area contributed by atoms with Gasteiger partial charge in [0.15, 0.2) is 11.6 Å². The molecule has 5 nitrogen and oxygen atoms in total. The van der Waals surface area contributed by atoms with Gasteiger partial charge in [-0.15, -0.1) is 0 Å². The molecule has 1 aliphatic rings. The van der Waals surface area contributed by atoms with E-state index in [4.69, 9.17) is 0 Å². The summed E-state index contributed by atoms with van der Waals surface area (Å²) in [5.41, 5.74) is 1.98. The highest BCUT2D eigenvalue weighted by atomic mass is 19.2. The van der Waals surface area contributed by atoms with Crippen LogP contribution in [0.25, 0.3) is 5.65 Å². The van der Waals surface area contributed by atoms with E-state index in [-0.39, 0.29) is 17.9 Å². The lowest BCUT2D eigenvalue weighted by molar-refractivity contribution is 0.0924. The van der Waals surface area contributed by atoms with E-state index >= 15 is 0 Å². The maximum Gasteiger partial charge on any atom is 0.253 e. The first-order valence-corrected chi connectivity index (χ1v) is 8.51. The van der Waals surface area contributed by atoms with Gasteiger partial charge in [0.2, 0.25) is 0 Å². The highest BCUT2D eigenvalue weighted by Crippen LogP contribution is 2.27. The van der Waals surface area contributed by atoms with Crippen molar-refractivity contribution in [2.24, 2.45) is 0 Å². The lowest BCUT2D eigenvalue weighted by Crippen LogP contribution is -2.50. The summed E-state index contributed by atoms with van der Waals surface area (Å²) >= 11 is 0. The Kier molecular flexibility index (Phi) is 4.38. The zero-order valence-corrected chi connectivity index (χ0v) is 14.0. The molecule has 2 unspecified atom stereocenters. The maximum atomic E-state index is 13.6. The third-order valence-electron chi connectivity index (χ3n) is 4.82. The van der Waals surface area contributed by atoms with Crippen LogP contribution in [0.2, 0.25) is 0 Å². The fourth-order valence-corrected chi connectivity index (χ4v) is 3.46. The van der Waals surface area contributed by atoms with Gasteiger partial charge in [-0.3, -0.25) is 4.79 Å². The predicted octanol–water partition coefficient (Wildman–Crippen LogP) is 2.49. The van der Waals surface area contributed by atoms with Gasteiger partial charge < -0.3 is 15.0 Å². The lowest BCUT2D eigenvalue weighted by atomic mass is 9.86. The van der Waals surface area contributed by atoms with Gasteiger partial charge in [0, 0.05) is 37.1 Å². The van der Waals surface area contributed by atoms with E-state index in [0.29, 0.717) is 17.7 Å². The monoisotopic (exact) mass is 356 g/mol. The van der Waals surface area contributed by atoms with Crippen molar-refractivity contribution in [3.63, 3.8) is 0 Å². The van der Waals surface area contributed by atoms with Crippen LogP contribution in [0.1, 0.15) is 28.3 Å². The van der Waals surface area contributed by atoms with E-state index in [1.54, 1.807) is 41.2 Å². The highest BCUT2D eigenvalue weighted by molar-refractivity contribution is 5.94. The fourth-order valence-electron chi connectivity index (χ4n) is 3.46. The van der Waals surface area contributed by atoms with Gasteiger partial charge in [0.1, 0.15) is 5.65 Å². The SMILES string of the molecule is O=C(NC1CNCCC1c1ccc(F)c(F)c1)c1ccc2nccn2c1. The van der Waals surface area contributed by atoms with Gasteiger partial charge >= 0.3 is 0 Å². The molecule has 2 aromatic heterocycles. The summed E-state index contributed by atoms with van der Waals surface area (Å²) in [4.78, 5) is 16.8. The number of rotatable bonds is 3. The molecule has 1 saturated heterocycles. The number of piperidine rings is 1. The Labute approximate surface area is 149 Å². The Bertz CT molecular complexity index is 956. The van der Waals surface area contributed by atoms with Gasteiger partial charge in [-0.2, -0.15) is 0 Å². The number of benzene rings is 1. The molecule has 3 aromatic rings. The van der Waals surface area contributed by atoms with Gasteiger partial charge in [-0.05, 0) is 42.8 Å². The molecule has 1 aromatic carbocycles. The Balaban J connectivity index is 1.55. The first kappa shape index (κ1) is 16.7. The molecule has 0 bridgehead atoms. The molecule has 2 N–H and O–H groups in total. The Morgan fingerprint density at radius 1 is 1.23 bits per heavy atom. The number of carbonyl (C=O) groups excluding carboxylic acids is 1. The lowest BCUT2D eigenvalue weighted by Gasteiger charge is -2.33. The van der Waals surface area contributed by atoms with Crippen molar-refractivity contribution in [3.8, 4) is 0 Å². The smallest absolute Gasteiger partial charge is 0.253 e. The number of halogens is 2. The molecule has 0 radical (unpaired) electrons. The van der Waals surface area contributed by atoms with Crippen molar-refractivity contribution in [1.29, 1.82) is 0 Å². The number of aromatic nitrogens is 2. The van der Waals surface area contributed by atoms with E-state index in [2.05, 4.69) is 15.6 Å². The summed E-state index contributed by atoms with van der Waals surface area (Å²) in [6.07, 6.45) is 5.90. The molecule has 134 valence electrons. The van der Waals surface area contributed by atoms with Crippen LogP contribution in [-0.2, 0) is 0 Å². The van der Waals surface area contributed by atoms with E-state index in [1.807, 2.05) is 0 Å². The van der Waals surface area contributed by atoms with Gasteiger partial charge in [-0.1, -0.05) is 6.07 Å². The number of carbonyl (C=O) groups is 1. The summed E-state index contributed by atoms with van der Waals surface area (Å²) in [5.74, 6) is -2.01. The second-order valence-corrected chi connectivity index (χ2v) is 6.46. The van der Waals surface area contributed by atoms with Crippen molar-refractivity contribution in [2.45, 2.75) is 18.4 Å². The normalized spacial score (nSPS) is 20.2. The Morgan fingerprint density at radius 3 is 2.96 bits per heavy atom. The average Bonchev–Trinajstić information content (AvgIpc) is 3.12. The van der Waals surface area contributed by atoms with Crippen LogP contribution in [0.15, 0.2) is 48.9 Å². The molecule has 0 aliphatic carbocycles. The van der Waals surface area contributed by atoms with Crippen LogP contribution in [-0.4, -0.2) is 34.4 Å². The van der Waals surface area contributed by atoms with E-state index < -0.39 is 11.6 Å². The van der Waals surface area contributed by atoms with Crippen molar-refractivity contribution < 1.29 is 13.6 Å². The van der Waals surface area contributed by atoms with Gasteiger partial charge in [-0.25, -0.2) is 13.8 Å². The molecule has 26 heavy (non-hydrogen) atoms. The van der Waals surface area contributed by atoms with E-state index in [0.717, 1.165) is 24.7 Å². The van der Waals surface area contributed by atoms with Crippen molar-refractivity contribution in [1.82, 2.24) is 20.0 Å². The number of fused-ring (bicyclic) bond motifs is 1. The summed E-state index contributed by atoms with van der Waals surface area (Å²) in [7, 11) is 0. The predicted molar refractivity (Wildman–Crippen MR) is 93.0 cm³/mol. The van der Waals surface area contributed by atoms with Crippen LogP contribution in [0.4, 0.5) is 8.78 Å². The molecule has 1 aliphatic heterocycles. The molecule has 3 heterocycles. The number of imidazole rings is 1. The third kappa shape index (κ3) is 3.17. The summed E-state index contributed by atoms with van der Waals surface area (Å²) in [6, 6.07) is 7.24. The summed E-state index contributed by atoms with van der Waals surface area (Å²) < 4.78 is 28.6. The van der Waals surface area contributed by atoms with Crippen LogP contribution < -0.4 is 10.6 Å². The molecule has 1 fully saturated rings. The third-order valence-corrected chi connectivity index (χ3v) is 4.82. The molecule has 0 spiro atoms. The number of hydrogen-bond acceptors (Lipinski definition) is 3. The molecule has 2 atom stereocenters. The van der Waals surface area contributed by atoms with E-state index in [1.165, 1.54) is 6.07 Å². The second kappa shape index (κ2) is 6.84. The fraction of sp³-hybridized carbons (Fsp3) is 0.263. The standard InChI is InChI=1S/C19H18F2N4O/c20-15-3-1-12(9-16(15)21)14-5-6-22-10-17(14)24-19(26)13-2-4-18-23-7-8-25(18)11-13/h1-4,7-9,11,14,17,22H,5-6,10H2,(H,24,26). The minimum Gasteiger partial charge on any atom is -0.347 e. The van der Waals surface area contributed by atoms with E-state index in [9.17, 15) is 13.6 Å². The van der Waals surface area contributed by atoms with Crippen molar-refractivity contribution in [2.75, 3.05) is 13.1 Å². The first-order chi connectivity index (χ1) is 12.6. The minimum absolute atomic E-state index is 0.0766. The van der Waals surface area contributed by atoms with Crippen molar-refractivity contribution >= 4 is 11.6 Å². The Hall–Kier alpha value is -2.80. The van der Waals surface area contributed by atoms with Gasteiger partial charge in [0.05, 0.1) is 5.56 Å². The largest absolute Gasteiger partial charge is 0.347 e. The molecular weight excluding hydrogens is 338 g/mol. The van der Waals surface area contributed by atoms with Crippen LogP contribution >= 0.6 is 0 Å². The zero-order chi connectivity index (χ0) is 18.1. The molecular formula is C19H18F2N4O. The number of nitrogens with one attached hydrogen (secondary N) is 2. The summed E-state index contributed by atoms with van der Waals surface area (Å²) in [5, 5.41) is 6.27. The maximum absolute atomic E-state index is 13.6. The number of pyridine rings is 1. The van der Waals surface area contributed by atoms with Crippen LogP contribution in [0.5, 0.6) is 0 Å². The van der Waals surface area contributed by atoms with Gasteiger partial charge in [0.25, 0.3) is 5.91 Å². The topological polar surface area (TPSA) is 58.4 Å². The quantitative estimate of drug-likeness (QED) is 0.758. The molecule has 7 heteroatoms. The zero-order valence-electron chi connectivity index (χ0n) is 14.0. The first-order valence-electron chi connectivity index (χ1n) is 8.51. The number of hydrogen-bond donors (Lipinski definition) is 2. The Morgan fingerprint density at radius 2 is 2.12 bits per heavy atom. The highest BCUT2D eigenvalue weighted by Gasteiger charge is 2.28. The van der Waals surface area contributed by atoms with Crippen LogP contribution in [0, 0.1) is 11.6 Å². The second-order valence-electron chi connectivity index (χ2n) is 6.46. The molecule has 0 saturated carbocycles. The minimum atomic E-state index is -0.864. The van der Waals surface area contributed by atoms with Crippen molar-refractivity contribution in [3.05, 3.63) is 71.7 Å². The van der Waals surface area contributed by atoms with Crippen LogP contribution in [0.3, 0.4) is 0 Å². The average molecular weight is 356 g/mol. The number of nitrogens with zero attached hydrogens (tertiary/aromatic N) is 2.